The summed E-state index contributed by atoms with van der Waals surface area (Å²) in [5, 5.41) is 14.6. The van der Waals surface area contributed by atoms with E-state index < -0.39 is 11.7 Å². The van der Waals surface area contributed by atoms with Gasteiger partial charge in [-0.3, -0.25) is 0 Å². The van der Waals surface area contributed by atoms with Crippen LogP contribution in [0.5, 0.6) is 0 Å². The minimum absolute atomic E-state index is 0.121. The summed E-state index contributed by atoms with van der Waals surface area (Å²) in [6.07, 6.45) is -2.80. The number of nitrogens with zero attached hydrogens (tertiary/aromatic N) is 3. The van der Waals surface area contributed by atoms with Crippen molar-refractivity contribution in [2.45, 2.75) is 12.6 Å². The number of anilines is 5. The maximum atomic E-state index is 13.0. The first-order chi connectivity index (χ1) is 13.3. The molecule has 9 heteroatoms. The second-order valence-corrected chi connectivity index (χ2v) is 5.85. The van der Waals surface area contributed by atoms with Gasteiger partial charge in [0.05, 0.1) is 18.1 Å². The molecule has 0 unspecified atom stereocenters. The Labute approximate surface area is 158 Å². The zero-order valence-corrected chi connectivity index (χ0v) is 14.5. The highest BCUT2D eigenvalue weighted by atomic mass is 19.4. The first-order valence-electron chi connectivity index (χ1n) is 8.15. The van der Waals surface area contributed by atoms with Gasteiger partial charge >= 0.3 is 6.18 Å². The van der Waals surface area contributed by atoms with E-state index in [1.807, 2.05) is 24.3 Å². The van der Waals surface area contributed by atoms with E-state index in [1.165, 1.54) is 18.3 Å². The fourth-order valence-electron chi connectivity index (χ4n) is 2.50. The molecule has 1 heterocycles. The number of hydrogen-bond donors (Lipinski definition) is 3. The van der Waals surface area contributed by atoms with Gasteiger partial charge in [0.2, 0.25) is 5.95 Å². The van der Waals surface area contributed by atoms with Crippen LogP contribution in [0.2, 0.25) is 0 Å². The van der Waals surface area contributed by atoms with Gasteiger partial charge in [-0.25, -0.2) is 4.98 Å². The van der Waals surface area contributed by atoms with Gasteiger partial charge in [0, 0.05) is 23.3 Å². The van der Waals surface area contributed by atoms with Crippen LogP contribution < -0.4 is 16.4 Å². The molecule has 0 bridgehead atoms. The number of nitrogens with two attached hydrogens (primary N) is 1. The van der Waals surface area contributed by atoms with Crippen molar-refractivity contribution >= 4 is 28.8 Å². The zero-order chi connectivity index (χ0) is 20.1. The molecule has 0 amide bonds. The molecule has 0 radical (unpaired) electrons. The van der Waals surface area contributed by atoms with Crippen molar-refractivity contribution in [3.8, 4) is 6.07 Å². The molecule has 0 saturated carbocycles. The van der Waals surface area contributed by atoms with E-state index in [1.54, 1.807) is 6.07 Å². The molecular formula is C19H15F3N6. The van der Waals surface area contributed by atoms with E-state index >= 15 is 0 Å². The predicted molar refractivity (Wildman–Crippen MR) is 100 cm³/mol. The number of nitrogen functional groups attached to an aromatic ring is 1. The minimum Gasteiger partial charge on any atom is -0.398 e. The Hall–Kier alpha value is -3.80. The number of rotatable bonds is 5. The number of nitrogens with one attached hydrogen (secondary N) is 2. The smallest absolute Gasteiger partial charge is 0.398 e. The van der Waals surface area contributed by atoms with Gasteiger partial charge in [0.25, 0.3) is 0 Å². The Bertz CT molecular complexity index is 1030. The second-order valence-electron chi connectivity index (χ2n) is 5.85. The molecule has 2 aromatic carbocycles. The maximum absolute atomic E-state index is 13.0. The van der Waals surface area contributed by atoms with Gasteiger partial charge in [-0.2, -0.15) is 23.4 Å². The molecule has 0 fully saturated rings. The Balaban J connectivity index is 1.79. The number of nitriles is 1. The molecule has 28 heavy (non-hydrogen) atoms. The number of benzene rings is 2. The molecule has 6 nitrogen and oxygen atoms in total. The average Bonchev–Trinajstić information content (AvgIpc) is 2.63. The lowest BCUT2D eigenvalue weighted by Crippen LogP contribution is -2.09. The fraction of sp³-hybridized carbons (Fsp3) is 0.105. The van der Waals surface area contributed by atoms with Crippen LogP contribution >= 0.6 is 0 Å². The number of hydrogen-bond acceptors (Lipinski definition) is 6. The first-order valence-corrected chi connectivity index (χ1v) is 8.15. The zero-order valence-electron chi connectivity index (χ0n) is 14.5. The van der Waals surface area contributed by atoms with E-state index in [-0.39, 0.29) is 23.7 Å². The van der Waals surface area contributed by atoms with Gasteiger partial charge in [-0.1, -0.05) is 12.1 Å². The summed E-state index contributed by atoms with van der Waals surface area (Å²) in [5.41, 5.74) is 5.86. The molecule has 0 atom stereocenters. The summed E-state index contributed by atoms with van der Waals surface area (Å²) >= 11 is 0. The van der Waals surface area contributed by atoms with Crippen molar-refractivity contribution in [1.29, 1.82) is 5.26 Å². The molecule has 0 spiro atoms. The standard InChI is InChI=1S/C19H15F3N6/c20-19(21,22)15-11-14(4-5-16(15)24)27-18-25-9-7-17(28-18)26-13-3-1-2-12(10-13)6-8-23/h1-5,7,9-11H,6,24H2,(H2,25,26,27,28). The number of halogens is 3. The van der Waals surface area contributed by atoms with Crippen LogP contribution in [0, 0.1) is 11.3 Å². The summed E-state index contributed by atoms with van der Waals surface area (Å²) in [7, 11) is 0. The molecule has 0 aliphatic carbocycles. The molecule has 1 aromatic heterocycles. The molecule has 0 aliphatic heterocycles. The second kappa shape index (κ2) is 7.84. The molecule has 0 saturated heterocycles. The molecule has 0 aliphatic rings. The lowest BCUT2D eigenvalue weighted by atomic mass is 10.1. The van der Waals surface area contributed by atoms with Gasteiger partial charge in [0.15, 0.2) is 0 Å². The summed E-state index contributed by atoms with van der Waals surface area (Å²) in [6, 6.07) is 14.5. The van der Waals surface area contributed by atoms with Crippen molar-refractivity contribution in [3.05, 3.63) is 65.9 Å². The Morgan fingerprint density at radius 2 is 1.82 bits per heavy atom. The third-order valence-corrected chi connectivity index (χ3v) is 3.75. The van der Waals surface area contributed by atoms with Crippen LogP contribution in [0.15, 0.2) is 54.7 Å². The molecule has 142 valence electrons. The van der Waals surface area contributed by atoms with Crippen LogP contribution in [-0.4, -0.2) is 9.97 Å². The Morgan fingerprint density at radius 1 is 1.04 bits per heavy atom. The third-order valence-electron chi connectivity index (χ3n) is 3.75. The van der Waals surface area contributed by atoms with E-state index in [9.17, 15) is 13.2 Å². The minimum atomic E-state index is -4.56. The number of aromatic nitrogens is 2. The lowest BCUT2D eigenvalue weighted by Gasteiger charge is -2.13. The summed E-state index contributed by atoms with van der Waals surface area (Å²) < 4.78 is 39.0. The SMILES string of the molecule is N#CCc1cccc(Nc2ccnc(Nc3ccc(N)c(C(F)(F)F)c3)n2)c1. The molecule has 4 N–H and O–H groups in total. The topological polar surface area (TPSA) is 99.7 Å². The average molecular weight is 384 g/mol. The molecule has 3 aromatic rings. The van der Waals surface area contributed by atoms with Crippen LogP contribution in [0.3, 0.4) is 0 Å². The van der Waals surface area contributed by atoms with Gasteiger partial charge < -0.3 is 16.4 Å². The Morgan fingerprint density at radius 3 is 2.57 bits per heavy atom. The van der Waals surface area contributed by atoms with E-state index in [0.29, 0.717) is 5.82 Å². The van der Waals surface area contributed by atoms with Gasteiger partial charge in [-0.05, 0) is 42.0 Å². The van der Waals surface area contributed by atoms with Crippen molar-refractivity contribution in [2.75, 3.05) is 16.4 Å². The van der Waals surface area contributed by atoms with Crippen molar-refractivity contribution in [3.63, 3.8) is 0 Å². The quantitative estimate of drug-likeness (QED) is 0.555. The van der Waals surface area contributed by atoms with Gasteiger partial charge in [0.1, 0.15) is 5.82 Å². The van der Waals surface area contributed by atoms with Crippen molar-refractivity contribution in [2.24, 2.45) is 0 Å². The monoisotopic (exact) mass is 384 g/mol. The molecular weight excluding hydrogens is 369 g/mol. The van der Waals surface area contributed by atoms with Crippen molar-refractivity contribution in [1.82, 2.24) is 9.97 Å². The van der Waals surface area contributed by atoms with Crippen molar-refractivity contribution < 1.29 is 13.2 Å². The largest absolute Gasteiger partial charge is 0.418 e. The first kappa shape index (κ1) is 19.0. The van der Waals surface area contributed by atoms with Crippen LogP contribution in [0.4, 0.5) is 42.0 Å². The van der Waals surface area contributed by atoms with E-state index in [4.69, 9.17) is 11.0 Å². The lowest BCUT2D eigenvalue weighted by molar-refractivity contribution is -0.136. The summed E-state index contributed by atoms with van der Waals surface area (Å²) in [4.78, 5) is 8.26. The van der Waals surface area contributed by atoms with Crippen LogP contribution in [0.25, 0.3) is 0 Å². The number of alkyl halides is 3. The normalized spacial score (nSPS) is 10.9. The highest BCUT2D eigenvalue weighted by Crippen LogP contribution is 2.35. The highest BCUT2D eigenvalue weighted by molar-refractivity contribution is 5.63. The Kier molecular flexibility index (Phi) is 5.31. The van der Waals surface area contributed by atoms with Crippen LogP contribution in [-0.2, 0) is 12.6 Å². The maximum Gasteiger partial charge on any atom is 0.418 e. The van der Waals surface area contributed by atoms with Crippen LogP contribution in [0.1, 0.15) is 11.1 Å². The van der Waals surface area contributed by atoms with Gasteiger partial charge in [-0.15, -0.1) is 0 Å². The third kappa shape index (κ3) is 4.67. The highest BCUT2D eigenvalue weighted by Gasteiger charge is 2.33. The predicted octanol–water partition coefficient (Wildman–Crippen LogP) is 4.63. The summed E-state index contributed by atoms with van der Waals surface area (Å²) in [6.45, 7) is 0. The summed E-state index contributed by atoms with van der Waals surface area (Å²) in [5.74, 6) is 0.564. The fourth-order valence-corrected chi connectivity index (χ4v) is 2.50. The molecule has 3 rings (SSSR count). The van der Waals surface area contributed by atoms with E-state index in [0.717, 1.165) is 17.3 Å². The van der Waals surface area contributed by atoms with E-state index in [2.05, 4.69) is 26.7 Å².